The van der Waals surface area contributed by atoms with E-state index in [2.05, 4.69) is 10.1 Å². The molecule has 0 saturated carbocycles. The Morgan fingerprint density at radius 3 is 2.74 bits per heavy atom. The quantitative estimate of drug-likeness (QED) is 0.812. The zero-order chi connectivity index (χ0) is 14.4. The highest BCUT2D eigenvalue weighted by atomic mass is 35.5. The third-order valence-electron chi connectivity index (χ3n) is 2.58. The van der Waals surface area contributed by atoms with Gasteiger partial charge in [-0.3, -0.25) is 4.79 Å². The van der Waals surface area contributed by atoms with Gasteiger partial charge in [0.1, 0.15) is 0 Å². The van der Waals surface area contributed by atoms with Crippen LogP contribution >= 0.6 is 11.6 Å². The minimum atomic E-state index is -0.616. The molecule has 1 amide bonds. The van der Waals surface area contributed by atoms with E-state index in [4.69, 9.17) is 17.3 Å². The van der Waals surface area contributed by atoms with Crippen molar-refractivity contribution in [3.8, 4) is 0 Å². The summed E-state index contributed by atoms with van der Waals surface area (Å²) in [4.78, 5) is 23.4. The molecule has 1 rings (SSSR count). The molecule has 0 saturated heterocycles. The van der Waals surface area contributed by atoms with Crippen LogP contribution in [0, 0.1) is 0 Å². The molecule has 1 aromatic carbocycles. The Morgan fingerprint density at radius 1 is 1.47 bits per heavy atom. The number of carbonyl (C=O) groups is 2. The second-order valence-corrected chi connectivity index (χ2v) is 4.50. The summed E-state index contributed by atoms with van der Waals surface area (Å²) in [6, 6.07) is 3.92. The highest BCUT2D eigenvalue weighted by Crippen LogP contribution is 2.22. The van der Waals surface area contributed by atoms with Gasteiger partial charge in [0.2, 0.25) is 5.91 Å². The lowest BCUT2D eigenvalue weighted by molar-refractivity contribution is -0.117. The molecule has 6 heteroatoms. The van der Waals surface area contributed by atoms with E-state index in [0.717, 1.165) is 6.42 Å². The SMILES string of the molecule is CCC[C@H](N)C(=O)Nc1cc(Cl)ccc1C(=O)OC. The van der Waals surface area contributed by atoms with Crippen molar-refractivity contribution in [1.29, 1.82) is 0 Å². The van der Waals surface area contributed by atoms with Gasteiger partial charge in [-0.15, -0.1) is 0 Å². The normalized spacial score (nSPS) is 11.8. The van der Waals surface area contributed by atoms with E-state index >= 15 is 0 Å². The van der Waals surface area contributed by atoms with Crippen molar-refractivity contribution >= 4 is 29.2 Å². The number of hydrogen-bond donors (Lipinski definition) is 2. The number of methoxy groups -OCH3 is 1. The second kappa shape index (κ2) is 7.11. The lowest BCUT2D eigenvalue weighted by Gasteiger charge is -2.13. The van der Waals surface area contributed by atoms with E-state index in [-0.39, 0.29) is 11.5 Å². The number of anilines is 1. The Morgan fingerprint density at radius 2 is 2.16 bits per heavy atom. The summed E-state index contributed by atoms with van der Waals surface area (Å²) in [5.41, 5.74) is 6.25. The average molecular weight is 285 g/mol. The molecule has 0 fully saturated rings. The Bertz CT molecular complexity index is 477. The first-order valence-corrected chi connectivity index (χ1v) is 6.31. The minimum absolute atomic E-state index is 0.240. The van der Waals surface area contributed by atoms with Crippen LogP contribution in [-0.2, 0) is 9.53 Å². The molecule has 104 valence electrons. The van der Waals surface area contributed by atoms with Gasteiger partial charge in [0, 0.05) is 5.02 Å². The van der Waals surface area contributed by atoms with Crippen LogP contribution in [0.4, 0.5) is 5.69 Å². The number of hydrogen-bond acceptors (Lipinski definition) is 4. The van der Waals surface area contributed by atoms with E-state index in [0.29, 0.717) is 17.1 Å². The van der Waals surface area contributed by atoms with Crippen molar-refractivity contribution in [3.05, 3.63) is 28.8 Å². The highest BCUT2D eigenvalue weighted by molar-refractivity contribution is 6.31. The molecule has 0 aliphatic carbocycles. The molecule has 0 heterocycles. The summed E-state index contributed by atoms with van der Waals surface area (Å²) in [6.45, 7) is 1.94. The standard InChI is InChI=1S/C13H17ClN2O3/c1-3-4-10(15)12(17)16-11-7-8(14)5-6-9(11)13(18)19-2/h5-7,10H,3-4,15H2,1-2H3,(H,16,17)/t10-/m0/s1. The van der Waals surface area contributed by atoms with E-state index in [1.165, 1.54) is 19.2 Å². The molecule has 3 N–H and O–H groups in total. The van der Waals surface area contributed by atoms with E-state index < -0.39 is 12.0 Å². The van der Waals surface area contributed by atoms with Gasteiger partial charge in [0.15, 0.2) is 0 Å². The lowest BCUT2D eigenvalue weighted by atomic mass is 10.1. The number of carbonyl (C=O) groups excluding carboxylic acids is 2. The molecule has 1 aromatic rings. The minimum Gasteiger partial charge on any atom is -0.465 e. The molecule has 0 spiro atoms. The number of benzene rings is 1. The Hall–Kier alpha value is -1.59. The maximum atomic E-state index is 11.8. The van der Waals surface area contributed by atoms with E-state index in [1.54, 1.807) is 6.07 Å². The molecule has 1 atom stereocenters. The summed E-state index contributed by atoms with van der Waals surface area (Å²) in [5, 5.41) is 3.01. The summed E-state index contributed by atoms with van der Waals surface area (Å²) in [6.07, 6.45) is 1.37. The zero-order valence-corrected chi connectivity index (χ0v) is 11.7. The van der Waals surface area contributed by atoms with Gasteiger partial charge in [-0.1, -0.05) is 24.9 Å². The monoisotopic (exact) mass is 284 g/mol. The maximum absolute atomic E-state index is 11.8. The fourth-order valence-electron chi connectivity index (χ4n) is 1.58. The average Bonchev–Trinajstić information content (AvgIpc) is 2.38. The van der Waals surface area contributed by atoms with Crippen LogP contribution in [0.2, 0.25) is 5.02 Å². The van der Waals surface area contributed by atoms with Crippen LogP contribution in [0.1, 0.15) is 30.1 Å². The Kier molecular flexibility index (Phi) is 5.79. The van der Waals surface area contributed by atoms with Crippen molar-refractivity contribution in [1.82, 2.24) is 0 Å². The smallest absolute Gasteiger partial charge is 0.339 e. The fourth-order valence-corrected chi connectivity index (χ4v) is 1.75. The highest BCUT2D eigenvalue weighted by Gasteiger charge is 2.17. The Labute approximate surface area is 117 Å². The topological polar surface area (TPSA) is 81.4 Å². The van der Waals surface area contributed by atoms with Crippen LogP contribution in [-0.4, -0.2) is 25.0 Å². The predicted octanol–water partition coefficient (Wildman–Crippen LogP) is 2.19. The number of amides is 1. The van der Waals surface area contributed by atoms with E-state index in [1.807, 2.05) is 6.92 Å². The van der Waals surface area contributed by atoms with Crippen LogP contribution in [0.5, 0.6) is 0 Å². The molecule has 0 aliphatic rings. The van der Waals surface area contributed by atoms with Crippen LogP contribution < -0.4 is 11.1 Å². The molecular formula is C13H17ClN2O3. The van der Waals surface area contributed by atoms with Crippen LogP contribution in [0.15, 0.2) is 18.2 Å². The van der Waals surface area contributed by atoms with Crippen LogP contribution in [0.3, 0.4) is 0 Å². The summed E-state index contributed by atoms with van der Waals surface area (Å²) < 4.78 is 4.64. The first-order chi connectivity index (χ1) is 8.99. The molecule has 0 radical (unpaired) electrons. The number of esters is 1. The van der Waals surface area contributed by atoms with Gasteiger partial charge in [-0.25, -0.2) is 4.79 Å². The Balaban J connectivity index is 2.96. The van der Waals surface area contributed by atoms with Crippen molar-refractivity contribution in [2.45, 2.75) is 25.8 Å². The van der Waals surface area contributed by atoms with Gasteiger partial charge in [0.25, 0.3) is 0 Å². The zero-order valence-electron chi connectivity index (χ0n) is 10.9. The summed E-state index contributed by atoms with van der Waals surface area (Å²) in [5.74, 6) is -0.898. The van der Waals surface area contributed by atoms with Crippen molar-refractivity contribution in [2.75, 3.05) is 12.4 Å². The molecule has 0 aromatic heterocycles. The number of rotatable bonds is 5. The van der Waals surface area contributed by atoms with Crippen LogP contribution in [0.25, 0.3) is 0 Å². The maximum Gasteiger partial charge on any atom is 0.339 e. The number of nitrogens with one attached hydrogen (secondary N) is 1. The number of nitrogens with two attached hydrogens (primary N) is 1. The van der Waals surface area contributed by atoms with Gasteiger partial charge in [-0.2, -0.15) is 0 Å². The van der Waals surface area contributed by atoms with Gasteiger partial charge >= 0.3 is 5.97 Å². The number of halogens is 1. The molecule has 5 nitrogen and oxygen atoms in total. The summed E-state index contributed by atoms with van der Waals surface area (Å²) >= 11 is 5.85. The molecule has 0 bridgehead atoms. The first-order valence-electron chi connectivity index (χ1n) is 5.94. The molecule has 0 unspecified atom stereocenters. The van der Waals surface area contributed by atoms with Gasteiger partial charge in [-0.05, 0) is 24.6 Å². The third-order valence-corrected chi connectivity index (χ3v) is 2.82. The first kappa shape index (κ1) is 15.5. The second-order valence-electron chi connectivity index (χ2n) is 4.07. The third kappa shape index (κ3) is 4.22. The number of ether oxygens (including phenoxy) is 1. The largest absolute Gasteiger partial charge is 0.465 e. The molecular weight excluding hydrogens is 268 g/mol. The van der Waals surface area contributed by atoms with Crippen molar-refractivity contribution in [3.63, 3.8) is 0 Å². The lowest BCUT2D eigenvalue weighted by Crippen LogP contribution is -2.35. The van der Waals surface area contributed by atoms with Gasteiger partial charge in [0.05, 0.1) is 24.4 Å². The van der Waals surface area contributed by atoms with Gasteiger partial charge < -0.3 is 15.8 Å². The molecule has 19 heavy (non-hydrogen) atoms. The van der Waals surface area contributed by atoms with E-state index in [9.17, 15) is 9.59 Å². The van der Waals surface area contributed by atoms with Crippen molar-refractivity contribution < 1.29 is 14.3 Å². The molecule has 0 aliphatic heterocycles. The fraction of sp³-hybridized carbons (Fsp3) is 0.385. The van der Waals surface area contributed by atoms with Crippen molar-refractivity contribution in [2.24, 2.45) is 5.73 Å². The predicted molar refractivity (Wildman–Crippen MR) is 74.3 cm³/mol. The summed E-state index contributed by atoms with van der Waals surface area (Å²) in [7, 11) is 1.27.